The lowest BCUT2D eigenvalue weighted by Crippen LogP contribution is -2.33. The summed E-state index contributed by atoms with van der Waals surface area (Å²) in [6, 6.07) is 0.525. The molecule has 1 rings (SSSR count). The SMILES string of the molecule is CCCCCC=C(CNC1CCCCC1)C(=O)O. The highest BCUT2D eigenvalue weighted by Crippen LogP contribution is 2.17. The molecule has 1 aliphatic rings. The van der Waals surface area contributed by atoms with Crippen LogP contribution in [0.2, 0.25) is 0 Å². The molecule has 0 aromatic heterocycles. The van der Waals surface area contributed by atoms with Crippen molar-refractivity contribution < 1.29 is 9.90 Å². The van der Waals surface area contributed by atoms with E-state index in [1.54, 1.807) is 0 Å². The van der Waals surface area contributed by atoms with Gasteiger partial charge in [0.05, 0.1) is 0 Å². The van der Waals surface area contributed by atoms with E-state index in [4.69, 9.17) is 5.11 Å². The number of carbonyl (C=O) groups is 1. The van der Waals surface area contributed by atoms with Gasteiger partial charge in [-0.25, -0.2) is 4.79 Å². The Morgan fingerprint density at radius 2 is 2.00 bits per heavy atom. The molecule has 3 nitrogen and oxygen atoms in total. The number of allylic oxidation sites excluding steroid dienone is 1. The van der Waals surface area contributed by atoms with Crippen molar-refractivity contribution in [1.29, 1.82) is 0 Å². The molecule has 104 valence electrons. The number of carboxylic acids is 1. The van der Waals surface area contributed by atoms with Gasteiger partial charge < -0.3 is 10.4 Å². The zero-order valence-corrected chi connectivity index (χ0v) is 11.6. The Bertz CT molecular complexity index is 268. The van der Waals surface area contributed by atoms with E-state index in [1.807, 2.05) is 6.08 Å². The highest BCUT2D eigenvalue weighted by atomic mass is 16.4. The predicted molar refractivity (Wildman–Crippen MR) is 74.7 cm³/mol. The molecule has 0 aliphatic heterocycles. The van der Waals surface area contributed by atoms with Crippen molar-refractivity contribution in [3.05, 3.63) is 11.6 Å². The van der Waals surface area contributed by atoms with Gasteiger partial charge in [-0.2, -0.15) is 0 Å². The fraction of sp³-hybridized carbons (Fsp3) is 0.800. The van der Waals surface area contributed by atoms with E-state index >= 15 is 0 Å². The number of unbranched alkanes of at least 4 members (excludes halogenated alkanes) is 3. The van der Waals surface area contributed by atoms with Gasteiger partial charge in [0.25, 0.3) is 0 Å². The van der Waals surface area contributed by atoms with E-state index in [-0.39, 0.29) is 0 Å². The molecule has 0 bridgehead atoms. The number of nitrogens with one attached hydrogen (secondary N) is 1. The van der Waals surface area contributed by atoms with Crippen molar-refractivity contribution in [3.8, 4) is 0 Å². The second kappa shape index (κ2) is 9.15. The second-order valence-corrected chi connectivity index (χ2v) is 5.25. The van der Waals surface area contributed by atoms with Crippen molar-refractivity contribution in [2.24, 2.45) is 0 Å². The average Bonchev–Trinajstić information content (AvgIpc) is 2.38. The van der Waals surface area contributed by atoms with E-state index in [9.17, 15) is 4.79 Å². The smallest absolute Gasteiger partial charge is 0.332 e. The van der Waals surface area contributed by atoms with E-state index in [1.165, 1.54) is 44.9 Å². The van der Waals surface area contributed by atoms with Crippen molar-refractivity contribution in [3.63, 3.8) is 0 Å². The summed E-state index contributed by atoms with van der Waals surface area (Å²) in [5.41, 5.74) is 0.539. The van der Waals surface area contributed by atoms with Crippen molar-refractivity contribution in [2.75, 3.05) is 6.54 Å². The molecule has 0 heterocycles. The maximum atomic E-state index is 11.1. The van der Waals surface area contributed by atoms with Crippen LogP contribution in [0.4, 0.5) is 0 Å². The summed E-state index contributed by atoms with van der Waals surface area (Å²) >= 11 is 0. The molecule has 0 radical (unpaired) electrons. The molecule has 0 saturated heterocycles. The van der Waals surface area contributed by atoms with Crippen LogP contribution in [0.5, 0.6) is 0 Å². The summed E-state index contributed by atoms with van der Waals surface area (Å²) in [6.45, 7) is 2.68. The highest BCUT2D eigenvalue weighted by molar-refractivity contribution is 5.87. The Hall–Kier alpha value is -0.830. The molecular weight excluding hydrogens is 226 g/mol. The Labute approximate surface area is 111 Å². The minimum atomic E-state index is -0.769. The Balaban J connectivity index is 2.30. The number of aliphatic carboxylic acids is 1. The van der Waals surface area contributed by atoms with Crippen LogP contribution in [0, 0.1) is 0 Å². The van der Waals surface area contributed by atoms with Crippen molar-refractivity contribution in [1.82, 2.24) is 5.32 Å². The van der Waals surface area contributed by atoms with Crippen LogP contribution in [-0.4, -0.2) is 23.7 Å². The molecular formula is C15H27NO2. The van der Waals surface area contributed by atoms with Crippen LogP contribution in [0.25, 0.3) is 0 Å². The van der Waals surface area contributed by atoms with Gasteiger partial charge in [0, 0.05) is 18.2 Å². The lowest BCUT2D eigenvalue weighted by molar-refractivity contribution is -0.132. The minimum absolute atomic E-state index is 0.520. The van der Waals surface area contributed by atoms with Crippen LogP contribution in [0.15, 0.2) is 11.6 Å². The zero-order valence-electron chi connectivity index (χ0n) is 11.6. The summed E-state index contributed by atoms with van der Waals surface area (Å²) in [5.74, 6) is -0.769. The van der Waals surface area contributed by atoms with Gasteiger partial charge >= 0.3 is 5.97 Å². The molecule has 1 saturated carbocycles. The third-order valence-electron chi connectivity index (χ3n) is 3.66. The molecule has 0 aromatic carbocycles. The third kappa shape index (κ3) is 6.20. The molecule has 1 fully saturated rings. The molecule has 0 unspecified atom stereocenters. The normalized spacial score (nSPS) is 17.9. The van der Waals surface area contributed by atoms with Gasteiger partial charge in [-0.15, -0.1) is 0 Å². The summed E-state index contributed by atoms with van der Waals surface area (Å²) in [7, 11) is 0. The van der Waals surface area contributed by atoms with Gasteiger partial charge in [-0.05, 0) is 25.7 Å². The summed E-state index contributed by atoms with van der Waals surface area (Å²) < 4.78 is 0. The van der Waals surface area contributed by atoms with Crippen molar-refractivity contribution >= 4 is 5.97 Å². The maximum Gasteiger partial charge on any atom is 0.332 e. The van der Waals surface area contributed by atoms with Crippen LogP contribution < -0.4 is 5.32 Å². The van der Waals surface area contributed by atoms with E-state index < -0.39 is 5.97 Å². The lowest BCUT2D eigenvalue weighted by Gasteiger charge is -2.22. The molecule has 0 atom stereocenters. The van der Waals surface area contributed by atoms with Gasteiger partial charge in [0.2, 0.25) is 0 Å². The molecule has 0 spiro atoms. The Kier molecular flexibility index (Phi) is 7.74. The Morgan fingerprint density at radius 3 is 2.61 bits per heavy atom. The van der Waals surface area contributed by atoms with Gasteiger partial charge in [-0.3, -0.25) is 0 Å². The summed E-state index contributed by atoms with van der Waals surface area (Å²) in [5, 5.41) is 12.5. The van der Waals surface area contributed by atoms with E-state index in [0.717, 1.165) is 12.8 Å². The lowest BCUT2D eigenvalue weighted by atomic mass is 9.95. The monoisotopic (exact) mass is 253 g/mol. The first kappa shape index (κ1) is 15.2. The van der Waals surface area contributed by atoms with Crippen LogP contribution >= 0.6 is 0 Å². The number of rotatable bonds is 8. The first-order valence-electron chi connectivity index (χ1n) is 7.39. The quantitative estimate of drug-likeness (QED) is 0.514. The topological polar surface area (TPSA) is 49.3 Å². The predicted octanol–water partition coefficient (Wildman–Crippen LogP) is 3.50. The van der Waals surface area contributed by atoms with Gasteiger partial charge in [0.15, 0.2) is 0 Å². The molecule has 18 heavy (non-hydrogen) atoms. The van der Waals surface area contributed by atoms with E-state index in [0.29, 0.717) is 18.2 Å². The molecule has 1 aliphatic carbocycles. The largest absolute Gasteiger partial charge is 0.478 e. The Morgan fingerprint density at radius 1 is 1.28 bits per heavy atom. The molecule has 0 amide bonds. The zero-order chi connectivity index (χ0) is 13.2. The minimum Gasteiger partial charge on any atom is -0.478 e. The third-order valence-corrected chi connectivity index (χ3v) is 3.66. The molecule has 0 aromatic rings. The van der Waals surface area contributed by atoms with Crippen LogP contribution in [-0.2, 0) is 4.79 Å². The fourth-order valence-electron chi connectivity index (χ4n) is 2.47. The summed E-state index contributed by atoms with van der Waals surface area (Å²) in [6.07, 6.45) is 12.5. The van der Waals surface area contributed by atoms with Crippen LogP contribution in [0.1, 0.15) is 64.7 Å². The maximum absolute atomic E-state index is 11.1. The standard InChI is InChI=1S/C15H27NO2/c1-2-3-4-6-9-13(15(17)18)12-16-14-10-7-5-8-11-14/h9,14,16H,2-8,10-12H2,1H3,(H,17,18). The second-order valence-electron chi connectivity index (χ2n) is 5.25. The molecule has 2 N–H and O–H groups in total. The number of hydrogen-bond donors (Lipinski definition) is 2. The highest BCUT2D eigenvalue weighted by Gasteiger charge is 2.14. The van der Waals surface area contributed by atoms with E-state index in [2.05, 4.69) is 12.2 Å². The average molecular weight is 253 g/mol. The van der Waals surface area contributed by atoms with Crippen molar-refractivity contribution in [2.45, 2.75) is 70.8 Å². The number of carboxylic acid groups (broad SMARTS) is 1. The molecule has 3 heteroatoms. The number of hydrogen-bond acceptors (Lipinski definition) is 2. The first-order valence-corrected chi connectivity index (χ1v) is 7.39. The van der Waals surface area contributed by atoms with Gasteiger partial charge in [0.1, 0.15) is 0 Å². The first-order chi connectivity index (χ1) is 8.74. The summed E-state index contributed by atoms with van der Waals surface area (Å²) in [4.78, 5) is 11.1. The van der Waals surface area contributed by atoms with Crippen LogP contribution in [0.3, 0.4) is 0 Å². The fourth-order valence-corrected chi connectivity index (χ4v) is 2.47. The van der Waals surface area contributed by atoms with Gasteiger partial charge in [-0.1, -0.05) is 45.1 Å².